The van der Waals surface area contributed by atoms with Crippen LogP contribution in [0.2, 0.25) is 0 Å². The van der Waals surface area contributed by atoms with Gasteiger partial charge in [-0.05, 0) is 24.3 Å². The Morgan fingerprint density at radius 3 is 2.85 bits per heavy atom. The summed E-state index contributed by atoms with van der Waals surface area (Å²) in [5, 5.41) is 9.12. The zero-order chi connectivity index (χ0) is 9.68. The molecule has 2 nitrogen and oxygen atoms in total. The van der Waals surface area contributed by atoms with E-state index >= 15 is 0 Å². The molecular formula is C11H20O2. The van der Waals surface area contributed by atoms with E-state index in [-0.39, 0.29) is 6.61 Å². The second kappa shape index (κ2) is 5.40. The Labute approximate surface area is 80.6 Å². The zero-order valence-electron chi connectivity index (χ0n) is 8.62. The summed E-state index contributed by atoms with van der Waals surface area (Å²) in [4.78, 5) is 0. The molecule has 0 aromatic rings. The van der Waals surface area contributed by atoms with Gasteiger partial charge in [0, 0.05) is 12.5 Å². The molecule has 0 bridgehead atoms. The minimum atomic E-state index is 0.189. The van der Waals surface area contributed by atoms with Gasteiger partial charge in [-0.15, -0.1) is 0 Å². The van der Waals surface area contributed by atoms with Crippen LogP contribution in [0.4, 0.5) is 0 Å². The van der Waals surface area contributed by atoms with Gasteiger partial charge >= 0.3 is 0 Å². The van der Waals surface area contributed by atoms with Gasteiger partial charge in [-0.3, -0.25) is 0 Å². The summed E-state index contributed by atoms with van der Waals surface area (Å²) in [7, 11) is 0. The maximum Gasteiger partial charge on any atom is 0.0644 e. The number of aliphatic hydroxyl groups excluding tert-OH is 1. The average Bonchev–Trinajstić information content (AvgIpc) is 2.15. The van der Waals surface area contributed by atoms with E-state index in [1.807, 2.05) is 0 Å². The van der Waals surface area contributed by atoms with Crippen LogP contribution in [0.25, 0.3) is 0 Å². The van der Waals surface area contributed by atoms with Crippen molar-refractivity contribution in [2.45, 2.75) is 26.7 Å². The Morgan fingerprint density at radius 1 is 1.62 bits per heavy atom. The van der Waals surface area contributed by atoms with Crippen LogP contribution < -0.4 is 0 Å². The highest BCUT2D eigenvalue weighted by Gasteiger charge is 2.13. The van der Waals surface area contributed by atoms with Crippen LogP contribution in [0.3, 0.4) is 0 Å². The first kappa shape index (κ1) is 10.7. The molecule has 1 fully saturated rings. The second-order valence-corrected chi connectivity index (χ2v) is 4.03. The molecule has 0 aromatic heterocycles. The number of hydrogen-bond acceptors (Lipinski definition) is 2. The summed E-state index contributed by atoms with van der Waals surface area (Å²) in [6, 6.07) is 0. The van der Waals surface area contributed by atoms with Crippen LogP contribution in [-0.4, -0.2) is 24.9 Å². The molecular weight excluding hydrogens is 164 g/mol. The fourth-order valence-electron chi connectivity index (χ4n) is 1.63. The predicted octanol–water partition coefficient (Wildman–Crippen LogP) is 1.99. The minimum Gasteiger partial charge on any atom is -0.392 e. The highest BCUT2D eigenvalue weighted by Crippen LogP contribution is 2.19. The summed E-state index contributed by atoms with van der Waals surface area (Å²) in [5.74, 6) is 0.977. The maximum atomic E-state index is 9.12. The number of aliphatic hydroxyl groups is 1. The molecule has 2 heteroatoms. The van der Waals surface area contributed by atoms with Gasteiger partial charge in [0.05, 0.1) is 13.2 Å². The molecule has 1 aliphatic rings. The van der Waals surface area contributed by atoms with E-state index in [2.05, 4.69) is 19.9 Å². The van der Waals surface area contributed by atoms with Crippen molar-refractivity contribution < 1.29 is 9.84 Å². The first-order valence-corrected chi connectivity index (χ1v) is 5.13. The molecule has 0 aliphatic carbocycles. The lowest BCUT2D eigenvalue weighted by molar-refractivity contribution is 0.0704. The van der Waals surface area contributed by atoms with Gasteiger partial charge in [0.2, 0.25) is 0 Å². The average molecular weight is 184 g/mol. The van der Waals surface area contributed by atoms with Crippen molar-refractivity contribution in [2.75, 3.05) is 19.8 Å². The van der Waals surface area contributed by atoms with E-state index in [1.54, 1.807) is 0 Å². The molecule has 1 unspecified atom stereocenters. The van der Waals surface area contributed by atoms with Crippen molar-refractivity contribution in [3.8, 4) is 0 Å². The second-order valence-electron chi connectivity index (χ2n) is 4.03. The molecule has 1 saturated heterocycles. The molecule has 1 heterocycles. The van der Waals surface area contributed by atoms with Crippen LogP contribution in [0.1, 0.15) is 26.7 Å². The Morgan fingerprint density at radius 2 is 2.38 bits per heavy atom. The van der Waals surface area contributed by atoms with Crippen LogP contribution in [-0.2, 0) is 4.74 Å². The normalized spacial score (nSPS) is 25.2. The Kier molecular flexibility index (Phi) is 4.46. The summed E-state index contributed by atoms with van der Waals surface area (Å²) in [5.41, 5.74) is 1.15. The molecule has 76 valence electrons. The third-order valence-electron chi connectivity index (χ3n) is 2.57. The SMILES string of the molecule is CC(C)/C(=C\C1CCCOC1)CO. The smallest absolute Gasteiger partial charge is 0.0644 e. The zero-order valence-corrected chi connectivity index (χ0v) is 8.62. The van der Waals surface area contributed by atoms with Crippen molar-refractivity contribution in [1.82, 2.24) is 0 Å². The Balaban J connectivity index is 2.49. The van der Waals surface area contributed by atoms with Crippen molar-refractivity contribution in [3.05, 3.63) is 11.6 Å². The molecule has 1 aliphatic heterocycles. The number of hydrogen-bond donors (Lipinski definition) is 1. The molecule has 1 atom stereocenters. The fraction of sp³-hybridized carbons (Fsp3) is 0.818. The Hall–Kier alpha value is -0.340. The van der Waals surface area contributed by atoms with Gasteiger partial charge in [0.1, 0.15) is 0 Å². The summed E-state index contributed by atoms with van der Waals surface area (Å²) in [6.07, 6.45) is 4.55. The van der Waals surface area contributed by atoms with Gasteiger partial charge in [-0.2, -0.15) is 0 Å². The lowest BCUT2D eigenvalue weighted by atomic mass is 9.95. The molecule has 13 heavy (non-hydrogen) atoms. The van der Waals surface area contributed by atoms with Gasteiger partial charge in [-0.1, -0.05) is 19.9 Å². The van der Waals surface area contributed by atoms with E-state index in [0.717, 1.165) is 25.2 Å². The highest BCUT2D eigenvalue weighted by atomic mass is 16.5. The van der Waals surface area contributed by atoms with E-state index in [4.69, 9.17) is 9.84 Å². The van der Waals surface area contributed by atoms with E-state index < -0.39 is 0 Å². The Bertz CT molecular complexity index is 167. The summed E-state index contributed by atoms with van der Waals surface area (Å²) in [6.45, 7) is 6.16. The van der Waals surface area contributed by atoms with Crippen LogP contribution in [0.15, 0.2) is 11.6 Å². The largest absolute Gasteiger partial charge is 0.392 e. The van der Waals surface area contributed by atoms with Gasteiger partial charge < -0.3 is 9.84 Å². The van der Waals surface area contributed by atoms with Crippen LogP contribution >= 0.6 is 0 Å². The van der Waals surface area contributed by atoms with E-state index in [1.165, 1.54) is 6.42 Å². The lowest BCUT2D eigenvalue weighted by Crippen LogP contribution is -2.16. The van der Waals surface area contributed by atoms with Crippen molar-refractivity contribution in [3.63, 3.8) is 0 Å². The summed E-state index contributed by atoms with van der Waals surface area (Å²) >= 11 is 0. The first-order valence-electron chi connectivity index (χ1n) is 5.13. The monoisotopic (exact) mass is 184 g/mol. The van der Waals surface area contributed by atoms with Crippen molar-refractivity contribution >= 4 is 0 Å². The van der Waals surface area contributed by atoms with Gasteiger partial charge in [0.15, 0.2) is 0 Å². The highest BCUT2D eigenvalue weighted by molar-refractivity contribution is 5.07. The molecule has 1 rings (SSSR count). The third kappa shape index (κ3) is 3.49. The topological polar surface area (TPSA) is 29.5 Å². The summed E-state index contributed by atoms with van der Waals surface area (Å²) < 4.78 is 5.38. The number of rotatable bonds is 3. The van der Waals surface area contributed by atoms with Crippen molar-refractivity contribution in [2.24, 2.45) is 11.8 Å². The molecule has 0 spiro atoms. The van der Waals surface area contributed by atoms with Gasteiger partial charge in [-0.25, -0.2) is 0 Å². The fourth-order valence-corrected chi connectivity index (χ4v) is 1.63. The van der Waals surface area contributed by atoms with Crippen LogP contribution in [0.5, 0.6) is 0 Å². The van der Waals surface area contributed by atoms with Gasteiger partial charge in [0.25, 0.3) is 0 Å². The molecule has 1 N–H and O–H groups in total. The van der Waals surface area contributed by atoms with Crippen LogP contribution in [0, 0.1) is 11.8 Å². The van der Waals surface area contributed by atoms with Crippen molar-refractivity contribution in [1.29, 1.82) is 0 Å². The quantitative estimate of drug-likeness (QED) is 0.680. The standard InChI is InChI=1S/C11H20O2/c1-9(2)11(7-12)6-10-4-3-5-13-8-10/h6,9-10,12H,3-5,7-8H2,1-2H3/b11-6-. The molecule has 0 aromatic carbocycles. The molecule has 0 saturated carbocycles. The molecule has 0 radical (unpaired) electrons. The minimum absolute atomic E-state index is 0.189. The maximum absolute atomic E-state index is 9.12. The molecule has 0 amide bonds. The van der Waals surface area contributed by atoms with E-state index in [9.17, 15) is 0 Å². The lowest BCUT2D eigenvalue weighted by Gasteiger charge is -2.21. The predicted molar refractivity (Wildman–Crippen MR) is 53.5 cm³/mol. The first-order chi connectivity index (χ1) is 6.24. The van der Waals surface area contributed by atoms with E-state index in [0.29, 0.717) is 11.8 Å². The third-order valence-corrected chi connectivity index (χ3v) is 2.57. The number of ether oxygens (including phenoxy) is 1.